The maximum Gasteiger partial charge on any atom is 0.122 e. The van der Waals surface area contributed by atoms with E-state index in [4.69, 9.17) is 14.9 Å². The van der Waals surface area contributed by atoms with Crippen LogP contribution in [0, 0.1) is 5.92 Å². The second kappa shape index (κ2) is 5.33. The van der Waals surface area contributed by atoms with Crippen molar-refractivity contribution in [2.45, 2.75) is 38.8 Å². The van der Waals surface area contributed by atoms with Gasteiger partial charge < -0.3 is 14.9 Å². The number of ether oxygens (including phenoxy) is 1. The zero-order chi connectivity index (χ0) is 10.5. The molecule has 2 N–H and O–H groups in total. The second-order valence-corrected chi connectivity index (χ2v) is 4.24. The van der Waals surface area contributed by atoms with E-state index in [0.29, 0.717) is 13.2 Å². The summed E-state index contributed by atoms with van der Waals surface area (Å²) in [5, 5.41) is 0. The summed E-state index contributed by atoms with van der Waals surface area (Å²) < 4.78 is 10.9. The molecule has 1 aromatic rings. The third kappa shape index (κ3) is 2.83. The van der Waals surface area contributed by atoms with Crippen LogP contribution in [0.15, 0.2) is 16.7 Å². The van der Waals surface area contributed by atoms with Gasteiger partial charge in [0.25, 0.3) is 0 Å². The lowest BCUT2D eigenvalue weighted by Gasteiger charge is -2.09. The highest BCUT2D eigenvalue weighted by Crippen LogP contribution is 2.25. The molecule has 0 atom stereocenters. The van der Waals surface area contributed by atoms with E-state index in [2.05, 4.69) is 0 Å². The molecular formula is C12H19NO2. The maximum absolute atomic E-state index is 5.69. The molecule has 3 nitrogen and oxygen atoms in total. The Morgan fingerprint density at radius 1 is 1.40 bits per heavy atom. The first-order chi connectivity index (χ1) is 7.40. The van der Waals surface area contributed by atoms with Gasteiger partial charge in [-0.2, -0.15) is 0 Å². The highest BCUT2D eigenvalue weighted by atomic mass is 16.5. The Balaban J connectivity index is 1.73. The number of hydrogen-bond acceptors (Lipinski definition) is 3. The third-order valence-corrected chi connectivity index (χ3v) is 3.11. The Labute approximate surface area is 90.6 Å². The van der Waals surface area contributed by atoms with E-state index >= 15 is 0 Å². The molecule has 1 fully saturated rings. The average Bonchev–Trinajstić information content (AvgIpc) is 2.88. The summed E-state index contributed by atoms with van der Waals surface area (Å²) in [5.74, 6) is 1.62. The monoisotopic (exact) mass is 209 g/mol. The predicted octanol–water partition coefficient (Wildman–Crippen LogP) is 2.45. The highest BCUT2D eigenvalue weighted by Gasteiger charge is 2.15. The highest BCUT2D eigenvalue weighted by molar-refractivity contribution is 5.15. The summed E-state index contributed by atoms with van der Waals surface area (Å²) in [6.45, 7) is 1.98. The van der Waals surface area contributed by atoms with Gasteiger partial charge >= 0.3 is 0 Å². The van der Waals surface area contributed by atoms with Crippen molar-refractivity contribution in [3.05, 3.63) is 23.7 Å². The van der Waals surface area contributed by atoms with Gasteiger partial charge in [0.2, 0.25) is 0 Å². The van der Waals surface area contributed by atoms with Gasteiger partial charge in [0.05, 0.1) is 19.4 Å². The summed E-state index contributed by atoms with van der Waals surface area (Å²) in [6, 6.07) is 1.94. The van der Waals surface area contributed by atoms with Gasteiger partial charge in [-0.25, -0.2) is 0 Å². The van der Waals surface area contributed by atoms with Crippen LogP contribution in [0.5, 0.6) is 0 Å². The molecule has 0 unspecified atom stereocenters. The SMILES string of the molecule is NCc1occc1COCC1CCCC1. The quantitative estimate of drug-likeness (QED) is 0.810. The summed E-state index contributed by atoms with van der Waals surface area (Å²) in [6.07, 6.45) is 7.07. The van der Waals surface area contributed by atoms with Gasteiger partial charge in [-0.3, -0.25) is 0 Å². The molecule has 0 amide bonds. The van der Waals surface area contributed by atoms with Crippen molar-refractivity contribution in [2.75, 3.05) is 6.61 Å². The molecule has 3 heteroatoms. The van der Waals surface area contributed by atoms with Gasteiger partial charge in [-0.15, -0.1) is 0 Å². The molecule has 1 aliphatic rings. The summed E-state index contributed by atoms with van der Waals surface area (Å²) in [5.41, 5.74) is 6.63. The molecule has 2 rings (SSSR count). The minimum absolute atomic E-state index is 0.453. The third-order valence-electron chi connectivity index (χ3n) is 3.11. The van der Waals surface area contributed by atoms with E-state index in [-0.39, 0.29) is 0 Å². The smallest absolute Gasteiger partial charge is 0.122 e. The van der Waals surface area contributed by atoms with Gasteiger partial charge in [-0.05, 0) is 24.8 Å². The molecular weight excluding hydrogens is 190 g/mol. The Morgan fingerprint density at radius 2 is 2.20 bits per heavy atom. The van der Waals surface area contributed by atoms with Crippen LogP contribution >= 0.6 is 0 Å². The molecule has 1 heterocycles. The molecule has 0 radical (unpaired) electrons. The van der Waals surface area contributed by atoms with E-state index in [0.717, 1.165) is 23.8 Å². The standard InChI is InChI=1S/C12H19NO2/c13-7-12-11(5-6-15-12)9-14-8-10-3-1-2-4-10/h5-6,10H,1-4,7-9,13H2. The van der Waals surface area contributed by atoms with Crippen LogP contribution in [-0.4, -0.2) is 6.61 Å². The summed E-state index contributed by atoms with van der Waals surface area (Å²) in [7, 11) is 0. The van der Waals surface area contributed by atoms with Crippen LogP contribution in [0.3, 0.4) is 0 Å². The van der Waals surface area contributed by atoms with Gasteiger partial charge in [-0.1, -0.05) is 12.8 Å². The minimum Gasteiger partial charge on any atom is -0.468 e. The van der Waals surface area contributed by atoms with E-state index in [1.807, 2.05) is 6.07 Å². The van der Waals surface area contributed by atoms with Crippen molar-refractivity contribution in [3.63, 3.8) is 0 Å². The lowest BCUT2D eigenvalue weighted by molar-refractivity contribution is 0.0879. The fourth-order valence-corrected chi connectivity index (χ4v) is 2.19. The molecule has 0 saturated heterocycles. The van der Waals surface area contributed by atoms with Crippen molar-refractivity contribution < 1.29 is 9.15 Å². The van der Waals surface area contributed by atoms with Crippen LogP contribution < -0.4 is 5.73 Å². The molecule has 0 bridgehead atoms. The zero-order valence-corrected chi connectivity index (χ0v) is 9.08. The maximum atomic E-state index is 5.69. The van der Waals surface area contributed by atoms with Crippen molar-refractivity contribution >= 4 is 0 Å². The molecule has 84 valence electrons. The van der Waals surface area contributed by atoms with Crippen molar-refractivity contribution in [1.82, 2.24) is 0 Å². The van der Waals surface area contributed by atoms with Crippen molar-refractivity contribution in [1.29, 1.82) is 0 Å². The first-order valence-electron chi connectivity index (χ1n) is 5.73. The van der Waals surface area contributed by atoms with Crippen LogP contribution in [-0.2, 0) is 17.9 Å². The molecule has 0 aliphatic heterocycles. The van der Waals surface area contributed by atoms with E-state index in [1.54, 1.807) is 6.26 Å². The Hall–Kier alpha value is -0.800. The van der Waals surface area contributed by atoms with Crippen LogP contribution in [0.25, 0.3) is 0 Å². The fraction of sp³-hybridized carbons (Fsp3) is 0.667. The number of furan rings is 1. The number of hydrogen-bond donors (Lipinski definition) is 1. The molecule has 1 saturated carbocycles. The van der Waals surface area contributed by atoms with E-state index in [9.17, 15) is 0 Å². The zero-order valence-electron chi connectivity index (χ0n) is 9.08. The predicted molar refractivity (Wildman–Crippen MR) is 58.2 cm³/mol. The Morgan fingerprint density at radius 3 is 2.93 bits per heavy atom. The fourth-order valence-electron chi connectivity index (χ4n) is 2.19. The molecule has 1 aromatic heterocycles. The first-order valence-corrected chi connectivity index (χ1v) is 5.73. The van der Waals surface area contributed by atoms with E-state index < -0.39 is 0 Å². The van der Waals surface area contributed by atoms with E-state index in [1.165, 1.54) is 25.7 Å². The lowest BCUT2D eigenvalue weighted by Crippen LogP contribution is -2.06. The largest absolute Gasteiger partial charge is 0.468 e. The first kappa shape index (κ1) is 10.7. The van der Waals surface area contributed by atoms with Crippen LogP contribution in [0.4, 0.5) is 0 Å². The minimum atomic E-state index is 0.453. The molecule has 0 aromatic carbocycles. The number of nitrogens with two attached hydrogens (primary N) is 1. The van der Waals surface area contributed by atoms with Crippen LogP contribution in [0.1, 0.15) is 37.0 Å². The topological polar surface area (TPSA) is 48.4 Å². The Kier molecular flexibility index (Phi) is 3.80. The molecule has 1 aliphatic carbocycles. The average molecular weight is 209 g/mol. The normalized spacial score (nSPS) is 17.4. The Bertz CT molecular complexity index is 290. The van der Waals surface area contributed by atoms with Crippen LogP contribution in [0.2, 0.25) is 0 Å². The molecule has 0 spiro atoms. The second-order valence-electron chi connectivity index (χ2n) is 4.24. The van der Waals surface area contributed by atoms with Crippen molar-refractivity contribution in [2.24, 2.45) is 11.7 Å². The van der Waals surface area contributed by atoms with Gasteiger partial charge in [0.15, 0.2) is 0 Å². The summed E-state index contributed by atoms with van der Waals surface area (Å²) >= 11 is 0. The summed E-state index contributed by atoms with van der Waals surface area (Å²) in [4.78, 5) is 0. The van der Waals surface area contributed by atoms with Gasteiger partial charge in [0.1, 0.15) is 5.76 Å². The lowest BCUT2D eigenvalue weighted by atomic mass is 10.1. The van der Waals surface area contributed by atoms with Gasteiger partial charge in [0, 0.05) is 12.2 Å². The number of rotatable bonds is 5. The van der Waals surface area contributed by atoms with Crippen molar-refractivity contribution in [3.8, 4) is 0 Å². The molecule has 15 heavy (non-hydrogen) atoms.